The predicted molar refractivity (Wildman–Crippen MR) is 141 cm³/mol. The number of amides is 1. The van der Waals surface area contributed by atoms with Crippen LogP contribution in [0.2, 0.25) is 0 Å². The molecule has 2 radical (unpaired) electrons. The summed E-state index contributed by atoms with van der Waals surface area (Å²) in [5.41, 5.74) is 14.9. The number of hydrogen-bond acceptors (Lipinski definition) is 7. The molecule has 2 heterocycles. The molecule has 0 atom stereocenters. The molecule has 0 aliphatic carbocycles. The molecule has 3 rings (SSSR count). The van der Waals surface area contributed by atoms with Gasteiger partial charge in [0.2, 0.25) is 5.88 Å². The lowest BCUT2D eigenvalue weighted by Gasteiger charge is -2.28. The van der Waals surface area contributed by atoms with Gasteiger partial charge in [0.15, 0.2) is 0 Å². The number of rotatable bonds is 8. The van der Waals surface area contributed by atoms with Crippen LogP contribution in [0.15, 0.2) is 53.8 Å². The Balaban J connectivity index is 0.00000306. The number of anilines is 2. The monoisotopic (exact) mass is 465 g/mol. The van der Waals surface area contributed by atoms with Crippen LogP contribution in [0.1, 0.15) is 27.8 Å². The van der Waals surface area contributed by atoms with E-state index < -0.39 is 5.91 Å². The third-order valence-corrected chi connectivity index (χ3v) is 5.16. The van der Waals surface area contributed by atoms with Crippen LogP contribution in [0.4, 0.5) is 11.5 Å². The molecular weight excluding hydrogens is 429 g/mol. The Hall–Kier alpha value is -3.46. The summed E-state index contributed by atoms with van der Waals surface area (Å²) in [6, 6.07) is 9.64. The van der Waals surface area contributed by atoms with Gasteiger partial charge in [0.1, 0.15) is 13.7 Å². The minimum absolute atomic E-state index is 0. The van der Waals surface area contributed by atoms with Gasteiger partial charge in [0.25, 0.3) is 5.91 Å². The quantitative estimate of drug-likeness (QED) is 0.311. The number of aryl methyl sites for hydroxylation is 1. The average Bonchev–Trinajstić information content (AvgIpc) is 2.84. The van der Waals surface area contributed by atoms with Crippen molar-refractivity contribution in [1.29, 1.82) is 0 Å². The fraction of sp³-hybridized carbons (Fsp3) is 0.360. The highest BCUT2D eigenvalue weighted by atomic mass is 16.5. The molecule has 1 aliphatic heterocycles. The molecule has 0 bridgehead atoms. The second-order valence-corrected chi connectivity index (χ2v) is 7.75. The van der Waals surface area contributed by atoms with E-state index in [2.05, 4.69) is 17.1 Å². The number of nitrogens with one attached hydrogen (secondary N) is 1. The molecule has 1 aromatic heterocycles. The van der Waals surface area contributed by atoms with Crippen molar-refractivity contribution in [3.05, 3.63) is 59.3 Å². The molecular formula is C25H36BN5O3. The molecule has 1 saturated heterocycles. The lowest BCUT2D eigenvalue weighted by atomic mass is 9.96. The van der Waals surface area contributed by atoms with Crippen molar-refractivity contribution in [2.75, 3.05) is 43.1 Å². The predicted octanol–water partition coefficient (Wildman–Crippen LogP) is 3.31. The number of morpholine rings is 1. The summed E-state index contributed by atoms with van der Waals surface area (Å²) in [6.07, 6.45) is 3.38. The first-order valence-corrected chi connectivity index (χ1v) is 11.0. The molecule has 1 fully saturated rings. The highest BCUT2D eigenvalue weighted by molar-refractivity contribution is 6.24. The Labute approximate surface area is 204 Å². The zero-order valence-corrected chi connectivity index (χ0v) is 19.1. The molecule has 9 heteroatoms. The third-order valence-electron chi connectivity index (χ3n) is 5.16. The number of hydrogen-bond donors (Lipinski definition) is 3. The molecule has 182 valence electrons. The minimum atomic E-state index is -0.467. The summed E-state index contributed by atoms with van der Waals surface area (Å²) >= 11 is 0. The van der Waals surface area contributed by atoms with E-state index in [1.807, 2.05) is 37.3 Å². The summed E-state index contributed by atoms with van der Waals surface area (Å²) < 4.78 is 11.4. The van der Waals surface area contributed by atoms with Crippen LogP contribution in [0, 0.1) is 6.92 Å². The van der Waals surface area contributed by atoms with E-state index >= 15 is 0 Å². The average molecular weight is 465 g/mol. The standard InChI is InChI=1S/C24H30BN5O3.CH4.H2/c1-3-8-33-23-12-17(11-22(29-23)30-6-9-32-10-7-30)20-14-19(5-4-16(20)2)28-24(31)21(27)13-18(25)15-26;;/h4-5,11-15H,3,6-10,26-27H2,1-2H3,(H,28,31);1H4;1H/b18-15+,21-13-;;. The second-order valence-electron chi connectivity index (χ2n) is 7.75. The molecule has 5 N–H and O–H groups in total. The Bertz CT molecular complexity index is 1060. The zero-order chi connectivity index (χ0) is 23.8. The highest BCUT2D eigenvalue weighted by Gasteiger charge is 2.17. The summed E-state index contributed by atoms with van der Waals surface area (Å²) in [5.74, 6) is 0.943. The summed E-state index contributed by atoms with van der Waals surface area (Å²) in [4.78, 5) is 19.3. The van der Waals surface area contributed by atoms with E-state index in [0.29, 0.717) is 31.4 Å². The molecule has 1 aromatic carbocycles. The fourth-order valence-corrected chi connectivity index (χ4v) is 3.39. The van der Waals surface area contributed by atoms with E-state index in [1.54, 1.807) is 0 Å². The molecule has 0 spiro atoms. The molecule has 8 nitrogen and oxygen atoms in total. The first-order valence-electron chi connectivity index (χ1n) is 11.0. The normalized spacial score (nSPS) is 14.4. The smallest absolute Gasteiger partial charge is 0.271 e. The number of aromatic nitrogens is 1. The number of benzene rings is 1. The van der Waals surface area contributed by atoms with Crippen LogP contribution < -0.4 is 26.4 Å². The van der Waals surface area contributed by atoms with Crippen molar-refractivity contribution in [2.24, 2.45) is 11.5 Å². The lowest BCUT2D eigenvalue weighted by Crippen LogP contribution is -2.36. The SMILES string of the molecule is C.[B]C(=C/N)/C=C(\N)C(=O)Nc1ccc(C)c(-c2cc(OCCC)nc(N3CCOCC3)c2)c1.[HH]. The Kier molecular flexibility index (Phi) is 10.0. The van der Waals surface area contributed by atoms with Crippen LogP contribution in [0.3, 0.4) is 0 Å². The molecule has 0 saturated carbocycles. The van der Waals surface area contributed by atoms with Crippen molar-refractivity contribution >= 4 is 25.3 Å². The maximum absolute atomic E-state index is 12.5. The Morgan fingerprint density at radius 2 is 2.06 bits per heavy atom. The Morgan fingerprint density at radius 1 is 1.32 bits per heavy atom. The van der Waals surface area contributed by atoms with E-state index in [9.17, 15) is 4.79 Å². The summed E-state index contributed by atoms with van der Waals surface area (Å²) in [5, 5.41) is 2.81. The van der Waals surface area contributed by atoms with Gasteiger partial charge in [-0.2, -0.15) is 4.98 Å². The Morgan fingerprint density at radius 3 is 2.74 bits per heavy atom. The number of nitrogens with zero attached hydrogens (tertiary/aromatic N) is 2. The van der Waals surface area contributed by atoms with Crippen LogP contribution in [0.5, 0.6) is 5.88 Å². The molecule has 34 heavy (non-hydrogen) atoms. The van der Waals surface area contributed by atoms with Crippen LogP contribution in [-0.4, -0.2) is 51.6 Å². The van der Waals surface area contributed by atoms with Crippen LogP contribution >= 0.6 is 0 Å². The summed E-state index contributed by atoms with van der Waals surface area (Å²) in [6.45, 7) is 7.52. The zero-order valence-electron chi connectivity index (χ0n) is 19.1. The number of carbonyl (C=O) groups excluding carboxylic acids is 1. The highest BCUT2D eigenvalue weighted by Crippen LogP contribution is 2.32. The van der Waals surface area contributed by atoms with Gasteiger partial charge in [0.05, 0.1) is 25.5 Å². The summed E-state index contributed by atoms with van der Waals surface area (Å²) in [7, 11) is 5.62. The van der Waals surface area contributed by atoms with E-state index in [0.717, 1.165) is 42.0 Å². The third kappa shape index (κ3) is 7.02. The first kappa shape index (κ1) is 26.8. The fourth-order valence-electron chi connectivity index (χ4n) is 3.39. The van der Waals surface area contributed by atoms with Gasteiger partial charge in [-0.3, -0.25) is 4.79 Å². The van der Waals surface area contributed by atoms with Crippen LogP contribution in [0.25, 0.3) is 11.1 Å². The van der Waals surface area contributed by atoms with Crippen molar-refractivity contribution in [3.8, 4) is 17.0 Å². The van der Waals surface area contributed by atoms with Crippen molar-refractivity contribution in [3.63, 3.8) is 0 Å². The maximum atomic E-state index is 12.5. The van der Waals surface area contributed by atoms with Crippen molar-refractivity contribution in [1.82, 2.24) is 4.98 Å². The number of allylic oxidation sites excluding steroid dienone is 2. The topological polar surface area (TPSA) is 116 Å². The van der Waals surface area contributed by atoms with Gasteiger partial charge >= 0.3 is 0 Å². The molecule has 1 aliphatic rings. The first-order chi connectivity index (χ1) is 15.9. The maximum Gasteiger partial charge on any atom is 0.271 e. The van der Waals surface area contributed by atoms with Gasteiger partial charge < -0.3 is 31.2 Å². The van der Waals surface area contributed by atoms with Gasteiger partial charge in [0, 0.05) is 26.3 Å². The van der Waals surface area contributed by atoms with E-state index in [1.165, 1.54) is 12.3 Å². The largest absolute Gasteiger partial charge is 0.478 e. The van der Waals surface area contributed by atoms with E-state index in [4.69, 9.17) is 33.8 Å². The van der Waals surface area contributed by atoms with E-state index in [-0.39, 0.29) is 20.0 Å². The molecule has 2 aromatic rings. The van der Waals surface area contributed by atoms with Crippen LogP contribution in [-0.2, 0) is 9.53 Å². The molecule has 1 amide bonds. The minimum Gasteiger partial charge on any atom is -0.478 e. The number of carbonyl (C=O) groups is 1. The number of pyridine rings is 1. The van der Waals surface area contributed by atoms with Crippen molar-refractivity contribution in [2.45, 2.75) is 27.7 Å². The van der Waals surface area contributed by atoms with Gasteiger partial charge in [-0.15, -0.1) is 0 Å². The van der Waals surface area contributed by atoms with Gasteiger partial charge in [-0.1, -0.05) is 25.9 Å². The number of nitrogens with two attached hydrogens (primary N) is 2. The second kappa shape index (κ2) is 12.7. The van der Waals surface area contributed by atoms with Crippen molar-refractivity contribution < 1.29 is 15.7 Å². The lowest BCUT2D eigenvalue weighted by molar-refractivity contribution is -0.112. The number of ether oxygens (including phenoxy) is 2. The van der Waals surface area contributed by atoms with Gasteiger partial charge in [-0.25, -0.2) is 0 Å². The van der Waals surface area contributed by atoms with Gasteiger partial charge in [-0.05, 0) is 60.5 Å². The molecule has 0 unspecified atom stereocenters.